The van der Waals surface area contributed by atoms with Crippen LogP contribution in [0.4, 0.5) is 5.69 Å². The molecule has 21 heavy (non-hydrogen) atoms. The first-order chi connectivity index (χ1) is 9.97. The number of nitrogens with two attached hydrogens (primary N) is 1. The summed E-state index contributed by atoms with van der Waals surface area (Å²) in [6.07, 6.45) is 0. The van der Waals surface area contributed by atoms with Crippen LogP contribution in [0.25, 0.3) is 0 Å². The van der Waals surface area contributed by atoms with E-state index >= 15 is 0 Å². The van der Waals surface area contributed by atoms with Gasteiger partial charge in [-0.25, -0.2) is 4.79 Å². The summed E-state index contributed by atoms with van der Waals surface area (Å²) in [5.74, 6) is -0.565. The molecule has 114 valence electrons. The van der Waals surface area contributed by atoms with Crippen LogP contribution in [0.1, 0.15) is 24.2 Å². The van der Waals surface area contributed by atoms with Crippen molar-refractivity contribution >= 4 is 17.6 Å². The van der Waals surface area contributed by atoms with Crippen molar-refractivity contribution in [3.8, 4) is 0 Å². The highest BCUT2D eigenvalue weighted by atomic mass is 16.5. The summed E-state index contributed by atoms with van der Waals surface area (Å²) in [6.45, 7) is 4.55. The molecule has 0 bridgehead atoms. The maximum atomic E-state index is 12.3. The lowest BCUT2D eigenvalue weighted by molar-refractivity contribution is -0.125. The first-order valence-corrected chi connectivity index (χ1v) is 6.89. The van der Waals surface area contributed by atoms with Gasteiger partial charge in [0.15, 0.2) is 0 Å². The molecule has 2 atom stereocenters. The lowest BCUT2D eigenvalue weighted by Crippen LogP contribution is -2.47. The second kappa shape index (κ2) is 6.24. The Kier molecular flexibility index (Phi) is 4.59. The van der Waals surface area contributed by atoms with Gasteiger partial charge in [0.25, 0.3) is 0 Å². The van der Waals surface area contributed by atoms with Crippen LogP contribution in [0.2, 0.25) is 0 Å². The third kappa shape index (κ3) is 3.22. The van der Waals surface area contributed by atoms with E-state index in [9.17, 15) is 9.59 Å². The van der Waals surface area contributed by atoms with Crippen LogP contribution in [0, 0.1) is 5.41 Å². The summed E-state index contributed by atoms with van der Waals surface area (Å²) in [5.41, 5.74) is 6.23. The SMILES string of the molecule is CCOC(=O)c1ccc(NC(=O)C2(C)COCC2N)cc1. The van der Waals surface area contributed by atoms with Crippen LogP contribution in [0.3, 0.4) is 0 Å². The van der Waals surface area contributed by atoms with E-state index in [4.69, 9.17) is 15.2 Å². The minimum absolute atomic E-state index is 0.184. The molecule has 1 saturated heterocycles. The average Bonchev–Trinajstić information content (AvgIpc) is 2.81. The fourth-order valence-corrected chi connectivity index (χ4v) is 2.10. The zero-order valence-corrected chi connectivity index (χ0v) is 12.2. The molecule has 1 aromatic rings. The topological polar surface area (TPSA) is 90.6 Å². The summed E-state index contributed by atoms with van der Waals surface area (Å²) in [6, 6.07) is 6.22. The molecule has 0 aliphatic carbocycles. The molecule has 1 heterocycles. The maximum Gasteiger partial charge on any atom is 0.338 e. The molecule has 1 fully saturated rings. The van der Waals surface area contributed by atoms with Gasteiger partial charge in [-0.15, -0.1) is 0 Å². The van der Waals surface area contributed by atoms with E-state index in [0.29, 0.717) is 31.1 Å². The van der Waals surface area contributed by atoms with Gasteiger partial charge >= 0.3 is 5.97 Å². The Morgan fingerprint density at radius 3 is 2.62 bits per heavy atom. The van der Waals surface area contributed by atoms with Crippen LogP contribution >= 0.6 is 0 Å². The molecular formula is C15H20N2O4. The van der Waals surface area contributed by atoms with E-state index < -0.39 is 5.41 Å². The number of hydrogen-bond donors (Lipinski definition) is 2. The lowest BCUT2D eigenvalue weighted by Gasteiger charge is -2.25. The Bertz CT molecular complexity index is 529. The van der Waals surface area contributed by atoms with E-state index in [1.165, 1.54) is 0 Å². The van der Waals surface area contributed by atoms with E-state index in [-0.39, 0.29) is 17.9 Å². The zero-order valence-electron chi connectivity index (χ0n) is 12.2. The Hall–Kier alpha value is -1.92. The van der Waals surface area contributed by atoms with E-state index in [2.05, 4.69) is 5.32 Å². The van der Waals surface area contributed by atoms with Crippen molar-refractivity contribution in [1.82, 2.24) is 0 Å². The molecular weight excluding hydrogens is 272 g/mol. The Morgan fingerprint density at radius 2 is 2.10 bits per heavy atom. The van der Waals surface area contributed by atoms with Crippen molar-refractivity contribution in [2.24, 2.45) is 11.1 Å². The summed E-state index contributed by atoms with van der Waals surface area (Å²) in [5, 5.41) is 2.80. The highest BCUT2D eigenvalue weighted by Gasteiger charge is 2.44. The molecule has 0 aromatic heterocycles. The van der Waals surface area contributed by atoms with Crippen molar-refractivity contribution in [2.75, 3.05) is 25.1 Å². The molecule has 2 unspecified atom stereocenters. The molecule has 1 aromatic carbocycles. The third-order valence-electron chi connectivity index (χ3n) is 3.69. The summed E-state index contributed by atoms with van der Waals surface area (Å²) in [4.78, 5) is 23.8. The first kappa shape index (κ1) is 15.5. The lowest BCUT2D eigenvalue weighted by atomic mass is 9.85. The number of anilines is 1. The molecule has 1 aliphatic rings. The molecule has 6 heteroatoms. The smallest absolute Gasteiger partial charge is 0.338 e. The number of hydrogen-bond acceptors (Lipinski definition) is 5. The Balaban J connectivity index is 2.03. The van der Waals surface area contributed by atoms with E-state index in [1.807, 2.05) is 0 Å². The standard InChI is InChI=1S/C15H20N2O4/c1-3-21-13(18)10-4-6-11(7-5-10)17-14(19)15(2)9-20-8-12(15)16/h4-7,12H,3,8-9,16H2,1-2H3,(H,17,19). The number of carbonyl (C=O) groups excluding carboxylic acids is 2. The number of carbonyl (C=O) groups is 2. The van der Waals surface area contributed by atoms with Gasteiger partial charge in [-0.1, -0.05) is 0 Å². The molecule has 0 radical (unpaired) electrons. The normalized spacial score (nSPS) is 24.6. The molecule has 0 saturated carbocycles. The third-order valence-corrected chi connectivity index (χ3v) is 3.69. The van der Waals surface area contributed by atoms with Gasteiger partial charge in [0.05, 0.1) is 30.8 Å². The second-order valence-electron chi connectivity index (χ2n) is 5.29. The van der Waals surface area contributed by atoms with Crippen LogP contribution in [0.15, 0.2) is 24.3 Å². The quantitative estimate of drug-likeness (QED) is 0.813. The number of ether oxygens (including phenoxy) is 2. The molecule has 0 spiro atoms. The Labute approximate surface area is 123 Å². The van der Waals surface area contributed by atoms with Crippen LogP contribution < -0.4 is 11.1 Å². The number of rotatable bonds is 4. The van der Waals surface area contributed by atoms with Gasteiger partial charge in [0.1, 0.15) is 0 Å². The van der Waals surface area contributed by atoms with E-state index in [1.54, 1.807) is 38.1 Å². The largest absolute Gasteiger partial charge is 0.462 e. The van der Waals surface area contributed by atoms with Crippen LogP contribution in [0.5, 0.6) is 0 Å². The number of amides is 1. The molecule has 1 amide bonds. The molecule has 6 nitrogen and oxygen atoms in total. The minimum atomic E-state index is -0.736. The maximum absolute atomic E-state index is 12.3. The highest BCUT2D eigenvalue weighted by molar-refractivity contribution is 5.96. The highest BCUT2D eigenvalue weighted by Crippen LogP contribution is 2.28. The van der Waals surface area contributed by atoms with Gasteiger partial charge in [0.2, 0.25) is 5.91 Å². The predicted molar refractivity (Wildman–Crippen MR) is 77.9 cm³/mol. The fraction of sp³-hybridized carbons (Fsp3) is 0.467. The first-order valence-electron chi connectivity index (χ1n) is 6.89. The van der Waals surface area contributed by atoms with Crippen molar-refractivity contribution in [3.05, 3.63) is 29.8 Å². The van der Waals surface area contributed by atoms with Crippen LogP contribution in [-0.4, -0.2) is 37.7 Å². The van der Waals surface area contributed by atoms with Crippen molar-refractivity contribution < 1.29 is 19.1 Å². The summed E-state index contributed by atoms with van der Waals surface area (Å²) >= 11 is 0. The monoisotopic (exact) mass is 292 g/mol. The van der Waals surface area contributed by atoms with Crippen molar-refractivity contribution in [3.63, 3.8) is 0 Å². The van der Waals surface area contributed by atoms with Crippen LogP contribution in [-0.2, 0) is 14.3 Å². The summed E-state index contributed by atoms with van der Waals surface area (Å²) < 4.78 is 10.2. The van der Waals surface area contributed by atoms with Gasteiger partial charge in [-0.3, -0.25) is 4.79 Å². The summed E-state index contributed by atoms with van der Waals surface area (Å²) in [7, 11) is 0. The number of esters is 1. The average molecular weight is 292 g/mol. The van der Waals surface area contributed by atoms with Gasteiger partial charge < -0.3 is 20.5 Å². The predicted octanol–water partition coefficient (Wildman–Crippen LogP) is 1.17. The minimum Gasteiger partial charge on any atom is -0.462 e. The molecule has 2 rings (SSSR count). The Morgan fingerprint density at radius 1 is 1.43 bits per heavy atom. The van der Waals surface area contributed by atoms with Crippen molar-refractivity contribution in [1.29, 1.82) is 0 Å². The zero-order chi connectivity index (χ0) is 15.5. The number of benzene rings is 1. The van der Waals surface area contributed by atoms with E-state index in [0.717, 1.165) is 0 Å². The number of nitrogens with one attached hydrogen (secondary N) is 1. The molecule has 1 aliphatic heterocycles. The van der Waals surface area contributed by atoms with Gasteiger partial charge in [0, 0.05) is 11.7 Å². The second-order valence-corrected chi connectivity index (χ2v) is 5.29. The van der Waals surface area contributed by atoms with Crippen molar-refractivity contribution in [2.45, 2.75) is 19.9 Å². The van der Waals surface area contributed by atoms with Gasteiger partial charge in [-0.05, 0) is 38.1 Å². The molecule has 3 N–H and O–H groups in total. The van der Waals surface area contributed by atoms with Gasteiger partial charge in [-0.2, -0.15) is 0 Å². The fourth-order valence-electron chi connectivity index (χ4n) is 2.10.